The van der Waals surface area contributed by atoms with Crippen LogP contribution in [0.3, 0.4) is 0 Å². The van der Waals surface area contributed by atoms with Crippen molar-refractivity contribution >= 4 is 5.91 Å². The second kappa shape index (κ2) is 8.03. The van der Waals surface area contributed by atoms with E-state index in [4.69, 9.17) is 4.42 Å². The summed E-state index contributed by atoms with van der Waals surface area (Å²) in [5.74, 6) is 0.0530. The minimum absolute atomic E-state index is 0.0460. The Hall–Kier alpha value is -3.24. The van der Waals surface area contributed by atoms with E-state index in [0.29, 0.717) is 24.4 Å². The number of alkyl halides is 6. The molecule has 3 heterocycles. The van der Waals surface area contributed by atoms with Crippen molar-refractivity contribution < 1.29 is 35.6 Å². The smallest absolute Gasteiger partial charge is 0.416 e. The van der Waals surface area contributed by atoms with Crippen LogP contribution in [-0.4, -0.2) is 15.5 Å². The van der Waals surface area contributed by atoms with Crippen LogP contribution in [0.15, 0.2) is 47.2 Å². The minimum Gasteiger partial charge on any atom is -0.467 e. The summed E-state index contributed by atoms with van der Waals surface area (Å²) in [6.45, 7) is 0.271. The Morgan fingerprint density at radius 1 is 1.12 bits per heavy atom. The molecule has 5 nitrogen and oxygen atoms in total. The van der Waals surface area contributed by atoms with E-state index in [9.17, 15) is 31.1 Å². The van der Waals surface area contributed by atoms with Crippen LogP contribution in [0.4, 0.5) is 26.3 Å². The third-order valence-electron chi connectivity index (χ3n) is 5.31. The molecule has 0 bridgehead atoms. The van der Waals surface area contributed by atoms with Gasteiger partial charge in [-0.15, -0.1) is 0 Å². The van der Waals surface area contributed by atoms with Crippen molar-refractivity contribution in [3.63, 3.8) is 0 Å². The molecule has 11 heteroatoms. The number of aromatic nitrogens is 2. The van der Waals surface area contributed by atoms with Gasteiger partial charge in [-0.05, 0) is 42.3 Å². The van der Waals surface area contributed by atoms with Crippen molar-refractivity contribution in [3.8, 4) is 0 Å². The zero-order chi connectivity index (χ0) is 23.1. The summed E-state index contributed by atoms with van der Waals surface area (Å²) >= 11 is 0. The van der Waals surface area contributed by atoms with Gasteiger partial charge in [0.1, 0.15) is 17.3 Å². The molecular weight excluding hydrogens is 440 g/mol. The lowest BCUT2D eigenvalue weighted by molar-refractivity contribution is -0.143. The van der Waals surface area contributed by atoms with Gasteiger partial charge in [0.15, 0.2) is 0 Å². The van der Waals surface area contributed by atoms with Gasteiger partial charge in [-0.1, -0.05) is 0 Å². The highest BCUT2D eigenvalue weighted by Gasteiger charge is 2.38. The number of nitrogens with one attached hydrogen (secondary N) is 1. The summed E-state index contributed by atoms with van der Waals surface area (Å²) < 4.78 is 85.8. The first kappa shape index (κ1) is 22.0. The van der Waals surface area contributed by atoms with Crippen molar-refractivity contribution in [2.75, 3.05) is 0 Å². The van der Waals surface area contributed by atoms with Gasteiger partial charge in [0, 0.05) is 25.1 Å². The average molecular weight is 457 g/mol. The molecule has 0 saturated heterocycles. The third-order valence-corrected chi connectivity index (χ3v) is 5.31. The zero-order valence-corrected chi connectivity index (χ0v) is 16.4. The largest absolute Gasteiger partial charge is 0.467 e. The fourth-order valence-corrected chi connectivity index (χ4v) is 3.71. The van der Waals surface area contributed by atoms with Gasteiger partial charge in [0.2, 0.25) is 0 Å². The molecule has 170 valence electrons. The van der Waals surface area contributed by atoms with Gasteiger partial charge in [-0.2, -0.15) is 26.3 Å². The van der Waals surface area contributed by atoms with Gasteiger partial charge in [0.05, 0.1) is 23.9 Å². The fraction of sp³-hybridized carbons (Fsp3) is 0.333. The standard InChI is InChI=1S/C21H17F6N3O2/c22-20(23,24)14-6-13(7-15(8-14)21(25,26)27)12-3-4-18-29-17(11-30(18)10-12)19(31)28-9-16-2-1-5-32-16/h1-2,5-8,11-12H,3-4,9-10H2,(H,28,31). The molecular formula is C21H17F6N3O2. The van der Waals surface area contributed by atoms with Gasteiger partial charge >= 0.3 is 12.4 Å². The Labute approximate surface area is 178 Å². The first-order valence-corrected chi connectivity index (χ1v) is 9.66. The lowest BCUT2D eigenvalue weighted by atomic mass is 9.89. The maximum absolute atomic E-state index is 13.2. The second-order valence-corrected chi connectivity index (χ2v) is 7.53. The summed E-state index contributed by atoms with van der Waals surface area (Å²) in [6, 6.07) is 5.01. The maximum atomic E-state index is 13.2. The molecule has 0 spiro atoms. The van der Waals surface area contributed by atoms with Crippen LogP contribution in [0.25, 0.3) is 0 Å². The van der Waals surface area contributed by atoms with E-state index >= 15 is 0 Å². The third kappa shape index (κ3) is 4.66. The number of imidazole rings is 1. The van der Waals surface area contributed by atoms with Crippen LogP contribution in [0.1, 0.15) is 51.1 Å². The minimum atomic E-state index is -4.90. The van der Waals surface area contributed by atoms with Crippen LogP contribution < -0.4 is 5.32 Å². The van der Waals surface area contributed by atoms with Gasteiger partial charge in [-0.25, -0.2) is 4.98 Å². The van der Waals surface area contributed by atoms with E-state index in [1.807, 2.05) is 0 Å². The molecule has 0 fully saturated rings. The Morgan fingerprint density at radius 2 is 1.81 bits per heavy atom. The molecule has 4 rings (SSSR count). The number of furan rings is 1. The lowest BCUT2D eigenvalue weighted by Crippen LogP contribution is -2.22. The van der Waals surface area contributed by atoms with Crippen molar-refractivity contribution in [2.45, 2.75) is 44.2 Å². The maximum Gasteiger partial charge on any atom is 0.416 e. The molecule has 0 saturated carbocycles. The average Bonchev–Trinajstić information content (AvgIpc) is 3.39. The Kier molecular flexibility index (Phi) is 5.51. The van der Waals surface area contributed by atoms with Crippen LogP contribution in [0.2, 0.25) is 0 Å². The molecule has 32 heavy (non-hydrogen) atoms. The summed E-state index contributed by atoms with van der Waals surface area (Å²) in [7, 11) is 0. The van der Waals surface area contributed by atoms with Crippen LogP contribution >= 0.6 is 0 Å². The molecule has 1 atom stereocenters. The van der Waals surface area contributed by atoms with Crippen molar-refractivity contribution in [3.05, 3.63) is 76.8 Å². The van der Waals surface area contributed by atoms with Gasteiger partial charge in [-0.3, -0.25) is 4.79 Å². The topological polar surface area (TPSA) is 60.1 Å². The van der Waals surface area contributed by atoms with Crippen molar-refractivity contribution in [1.29, 1.82) is 0 Å². The SMILES string of the molecule is O=C(NCc1ccco1)c1cn2c(n1)CCC(c1cc(C(F)(F)F)cc(C(F)(F)F)c1)C2. The van der Waals surface area contributed by atoms with E-state index in [1.165, 1.54) is 12.5 Å². The number of nitrogens with zero attached hydrogens (tertiary/aromatic N) is 2. The molecule has 1 aliphatic rings. The summed E-state index contributed by atoms with van der Waals surface area (Å²) in [5.41, 5.74) is -2.60. The monoisotopic (exact) mass is 457 g/mol. The van der Waals surface area contributed by atoms with E-state index < -0.39 is 35.3 Å². The quantitative estimate of drug-likeness (QED) is 0.550. The first-order chi connectivity index (χ1) is 15.0. The number of halogens is 6. The molecule has 1 aliphatic heterocycles. The summed E-state index contributed by atoms with van der Waals surface area (Å²) in [4.78, 5) is 16.6. The number of benzene rings is 1. The van der Waals surface area contributed by atoms with Crippen molar-refractivity contribution in [1.82, 2.24) is 14.9 Å². The number of aryl methyl sites for hydroxylation is 1. The number of carbonyl (C=O) groups excluding carboxylic acids is 1. The molecule has 2 aromatic heterocycles. The number of hydrogen-bond acceptors (Lipinski definition) is 3. The van der Waals surface area contributed by atoms with Gasteiger partial charge < -0.3 is 14.3 Å². The van der Waals surface area contributed by atoms with E-state index in [0.717, 1.165) is 12.1 Å². The van der Waals surface area contributed by atoms with Gasteiger partial charge in [0.25, 0.3) is 5.91 Å². The normalized spacial score (nSPS) is 16.6. The van der Waals surface area contributed by atoms with E-state index in [-0.39, 0.29) is 30.4 Å². The summed E-state index contributed by atoms with van der Waals surface area (Å²) in [5, 5.41) is 2.64. The number of hydrogen-bond donors (Lipinski definition) is 1. The second-order valence-electron chi connectivity index (χ2n) is 7.53. The number of fused-ring (bicyclic) bond motifs is 1. The highest BCUT2D eigenvalue weighted by atomic mass is 19.4. The molecule has 1 aromatic carbocycles. The number of amides is 1. The molecule has 1 amide bonds. The highest BCUT2D eigenvalue weighted by molar-refractivity contribution is 5.92. The molecule has 0 radical (unpaired) electrons. The fourth-order valence-electron chi connectivity index (χ4n) is 3.71. The number of rotatable bonds is 4. The molecule has 1 unspecified atom stereocenters. The number of carbonyl (C=O) groups is 1. The van der Waals surface area contributed by atoms with Crippen LogP contribution in [0, 0.1) is 0 Å². The molecule has 3 aromatic rings. The predicted molar refractivity (Wildman–Crippen MR) is 99.6 cm³/mol. The Morgan fingerprint density at radius 3 is 2.41 bits per heavy atom. The predicted octanol–water partition coefficient (Wildman–Crippen LogP) is 5.17. The molecule has 1 N–H and O–H groups in total. The van der Waals surface area contributed by atoms with Crippen LogP contribution in [-0.2, 0) is 31.9 Å². The van der Waals surface area contributed by atoms with Crippen LogP contribution in [0.5, 0.6) is 0 Å². The van der Waals surface area contributed by atoms with E-state index in [1.54, 1.807) is 16.7 Å². The van der Waals surface area contributed by atoms with Crippen molar-refractivity contribution in [2.24, 2.45) is 0 Å². The highest BCUT2D eigenvalue weighted by Crippen LogP contribution is 2.39. The lowest BCUT2D eigenvalue weighted by Gasteiger charge is -2.25. The molecule has 0 aliphatic carbocycles. The first-order valence-electron chi connectivity index (χ1n) is 9.66. The Bertz CT molecular complexity index is 1080. The summed E-state index contributed by atoms with van der Waals surface area (Å²) in [6.07, 6.45) is -6.25. The zero-order valence-electron chi connectivity index (χ0n) is 16.4. The van der Waals surface area contributed by atoms with E-state index in [2.05, 4.69) is 10.3 Å². The Balaban J connectivity index is 1.55.